The van der Waals surface area contributed by atoms with Crippen LogP contribution in [0.15, 0.2) is 64.9 Å². The zero-order chi connectivity index (χ0) is 30.8. The molecule has 0 radical (unpaired) electrons. The number of nitrogens with zero attached hydrogens (tertiary/aromatic N) is 3. The van der Waals surface area contributed by atoms with Gasteiger partial charge in [0, 0.05) is 11.3 Å². The summed E-state index contributed by atoms with van der Waals surface area (Å²) in [5, 5.41) is 15.8. The van der Waals surface area contributed by atoms with E-state index in [-0.39, 0.29) is 29.3 Å². The molecule has 3 aromatic carbocycles. The minimum Gasteiger partial charge on any atom is -0.492 e. The van der Waals surface area contributed by atoms with E-state index < -0.39 is 22.0 Å². The van der Waals surface area contributed by atoms with Crippen LogP contribution in [0.1, 0.15) is 47.8 Å². The van der Waals surface area contributed by atoms with E-state index in [1.807, 2.05) is 58.9 Å². The fourth-order valence-electron chi connectivity index (χ4n) is 4.45. The second-order valence-corrected chi connectivity index (χ2v) is 13.0. The summed E-state index contributed by atoms with van der Waals surface area (Å²) in [4.78, 5) is 26.4. The van der Waals surface area contributed by atoms with Crippen LogP contribution in [0.5, 0.6) is 5.75 Å². The van der Waals surface area contributed by atoms with Gasteiger partial charge in [0.1, 0.15) is 0 Å². The Morgan fingerprint density at radius 1 is 0.952 bits per heavy atom. The Morgan fingerprint density at radius 2 is 1.64 bits per heavy atom. The zero-order valence-corrected chi connectivity index (χ0v) is 25.6. The molecule has 0 aliphatic carbocycles. The summed E-state index contributed by atoms with van der Waals surface area (Å²) in [6.07, 6.45) is 1.05. The second kappa shape index (κ2) is 11.8. The fraction of sp³-hybridized carbons (Fsp3) is 0.333. The van der Waals surface area contributed by atoms with Crippen molar-refractivity contribution >= 4 is 44.6 Å². The Labute approximate surface area is 246 Å². The Bertz CT molecular complexity index is 1660. The molecule has 3 N–H and O–H groups in total. The minimum atomic E-state index is -3.62. The first-order valence-electron chi connectivity index (χ1n) is 13.3. The fourth-order valence-corrected chi connectivity index (χ4v) is 5.00. The maximum Gasteiger partial charge on any atom is 0.255 e. The number of carbonyl (C=O) groups is 2. The van der Waals surface area contributed by atoms with Crippen molar-refractivity contribution in [2.45, 2.75) is 46.1 Å². The van der Waals surface area contributed by atoms with Crippen molar-refractivity contribution in [2.75, 3.05) is 40.3 Å². The predicted octanol–water partition coefficient (Wildman–Crippen LogP) is 5.43. The van der Waals surface area contributed by atoms with E-state index in [9.17, 15) is 18.0 Å². The molecule has 3 aromatic rings. The van der Waals surface area contributed by atoms with E-state index in [2.05, 4.69) is 25.7 Å². The molecule has 12 heteroatoms. The molecule has 1 atom stereocenters. The third-order valence-corrected chi connectivity index (χ3v) is 7.39. The number of benzene rings is 3. The molecule has 0 aromatic heterocycles. The average molecular weight is 593 g/mol. The smallest absolute Gasteiger partial charge is 0.255 e. The van der Waals surface area contributed by atoms with E-state index in [0.717, 1.165) is 22.9 Å². The summed E-state index contributed by atoms with van der Waals surface area (Å²) in [6, 6.07) is 15.4. The molecule has 4 rings (SSSR count). The predicted molar refractivity (Wildman–Crippen MR) is 165 cm³/mol. The van der Waals surface area contributed by atoms with Crippen LogP contribution < -0.4 is 25.1 Å². The van der Waals surface area contributed by atoms with Crippen LogP contribution in [-0.4, -0.2) is 46.2 Å². The third-order valence-electron chi connectivity index (χ3n) is 6.80. The van der Waals surface area contributed by atoms with E-state index in [1.165, 1.54) is 7.11 Å². The Kier molecular flexibility index (Phi) is 8.58. The monoisotopic (exact) mass is 592 g/mol. The van der Waals surface area contributed by atoms with Crippen molar-refractivity contribution < 1.29 is 22.7 Å². The number of hydrogen-bond donors (Lipinski definition) is 3. The largest absolute Gasteiger partial charge is 0.492 e. The number of hydrogen-bond acceptors (Lipinski definition) is 8. The lowest BCUT2D eigenvalue weighted by Gasteiger charge is -2.24. The molecule has 1 aliphatic heterocycles. The first kappa shape index (κ1) is 30.5. The zero-order valence-electron chi connectivity index (χ0n) is 24.8. The summed E-state index contributed by atoms with van der Waals surface area (Å²) >= 11 is 0. The normalized spacial score (nSPS) is 14.9. The van der Waals surface area contributed by atoms with Crippen molar-refractivity contribution in [3.05, 3.63) is 76.9 Å². The Balaban J connectivity index is 1.57. The highest BCUT2D eigenvalue weighted by molar-refractivity contribution is 7.92. The number of amides is 2. The number of rotatable bonds is 8. The van der Waals surface area contributed by atoms with E-state index in [4.69, 9.17) is 4.74 Å². The molecule has 1 heterocycles. The summed E-state index contributed by atoms with van der Waals surface area (Å²) in [6.45, 7) is 9.95. The van der Waals surface area contributed by atoms with Crippen LogP contribution >= 0.6 is 0 Å². The number of sulfonamides is 1. The minimum absolute atomic E-state index is 0.185. The van der Waals surface area contributed by atoms with Crippen LogP contribution in [-0.2, 0) is 20.2 Å². The van der Waals surface area contributed by atoms with Crippen LogP contribution in [0.3, 0.4) is 0 Å². The molecule has 1 aliphatic rings. The van der Waals surface area contributed by atoms with Crippen LogP contribution in [0.2, 0.25) is 0 Å². The summed E-state index contributed by atoms with van der Waals surface area (Å²) in [7, 11) is -2.21. The molecule has 0 saturated heterocycles. The highest BCUT2D eigenvalue weighted by Crippen LogP contribution is 2.39. The van der Waals surface area contributed by atoms with E-state index >= 15 is 0 Å². The van der Waals surface area contributed by atoms with Gasteiger partial charge >= 0.3 is 0 Å². The third kappa shape index (κ3) is 7.06. The standard InChI is InChI=1S/C30H36N6O5S/c1-18-10-8-9-11-22(18)31-29(38)25-17-36(35-33-25)26-14-20(13-12-19(26)2)28(37)32-23-15-21(30(3,4)5)16-24(27(23)41-6)34-42(7,39)40/h8-16,25,34H,17H2,1-7H3,(H,31,38)(H,32,37). The van der Waals surface area contributed by atoms with E-state index in [1.54, 1.807) is 35.3 Å². The molecule has 222 valence electrons. The number of methoxy groups -OCH3 is 1. The van der Waals surface area contributed by atoms with Gasteiger partial charge in [0.15, 0.2) is 11.8 Å². The van der Waals surface area contributed by atoms with Crippen molar-refractivity contribution in [3.63, 3.8) is 0 Å². The van der Waals surface area contributed by atoms with Crippen LogP contribution in [0, 0.1) is 13.8 Å². The molecule has 0 saturated carbocycles. The molecule has 2 amide bonds. The van der Waals surface area contributed by atoms with E-state index in [0.29, 0.717) is 22.6 Å². The lowest BCUT2D eigenvalue weighted by Crippen LogP contribution is -2.32. The van der Waals surface area contributed by atoms with Gasteiger partial charge in [0.25, 0.3) is 11.8 Å². The van der Waals surface area contributed by atoms with Gasteiger partial charge in [-0.25, -0.2) is 13.4 Å². The molecule has 11 nitrogen and oxygen atoms in total. The van der Waals surface area contributed by atoms with Gasteiger partial charge < -0.3 is 15.4 Å². The van der Waals surface area contributed by atoms with Gasteiger partial charge in [0.05, 0.1) is 37.0 Å². The molecule has 0 bridgehead atoms. The van der Waals surface area contributed by atoms with Crippen molar-refractivity contribution in [3.8, 4) is 5.75 Å². The summed E-state index contributed by atoms with van der Waals surface area (Å²) in [5.74, 6) is -0.521. The maximum atomic E-state index is 13.5. The summed E-state index contributed by atoms with van der Waals surface area (Å²) < 4.78 is 32.1. The second-order valence-electron chi connectivity index (χ2n) is 11.3. The van der Waals surface area contributed by atoms with Gasteiger partial charge in [0.2, 0.25) is 10.0 Å². The van der Waals surface area contributed by atoms with Gasteiger partial charge in [-0.05, 0) is 66.3 Å². The maximum absolute atomic E-state index is 13.5. The number of aryl methyl sites for hydroxylation is 2. The van der Waals surface area contributed by atoms with Gasteiger partial charge in [-0.15, -0.1) is 0 Å². The van der Waals surface area contributed by atoms with Crippen molar-refractivity contribution in [2.24, 2.45) is 10.3 Å². The number of para-hydroxylation sites is 1. The van der Waals surface area contributed by atoms with Crippen molar-refractivity contribution in [1.82, 2.24) is 0 Å². The first-order valence-corrected chi connectivity index (χ1v) is 15.2. The number of carbonyl (C=O) groups excluding carboxylic acids is 2. The lowest BCUT2D eigenvalue weighted by molar-refractivity contribution is -0.117. The average Bonchev–Trinajstić information content (AvgIpc) is 3.39. The first-order chi connectivity index (χ1) is 19.7. The molecule has 1 unspecified atom stereocenters. The number of anilines is 4. The van der Waals surface area contributed by atoms with Gasteiger partial charge in [-0.2, -0.15) is 5.11 Å². The van der Waals surface area contributed by atoms with Crippen LogP contribution in [0.25, 0.3) is 0 Å². The Morgan fingerprint density at radius 3 is 2.29 bits per heavy atom. The van der Waals surface area contributed by atoms with Gasteiger partial charge in [-0.1, -0.05) is 50.3 Å². The molecule has 0 spiro atoms. The molecular formula is C30H36N6O5S. The summed E-state index contributed by atoms with van der Waals surface area (Å²) in [5.41, 5.74) is 4.45. The number of ether oxygens (including phenoxy) is 1. The molecule has 42 heavy (non-hydrogen) atoms. The molecular weight excluding hydrogens is 556 g/mol. The van der Waals surface area contributed by atoms with Gasteiger partial charge in [-0.3, -0.25) is 14.3 Å². The molecule has 0 fully saturated rings. The highest BCUT2D eigenvalue weighted by atomic mass is 32.2. The van der Waals surface area contributed by atoms with Crippen LogP contribution in [0.4, 0.5) is 22.7 Å². The Hall–Kier alpha value is -4.45. The lowest BCUT2D eigenvalue weighted by atomic mass is 9.86. The quantitative estimate of drug-likeness (QED) is 0.319. The number of nitrogens with one attached hydrogen (secondary N) is 3. The SMILES string of the molecule is COc1c(NC(=O)c2ccc(C)c(N3CC(C(=O)Nc4ccccc4C)N=N3)c2)cc(C(C)(C)C)cc1NS(C)(=O)=O. The topological polar surface area (TPSA) is 142 Å². The highest BCUT2D eigenvalue weighted by Gasteiger charge is 2.29. The van der Waals surface area contributed by atoms with Crippen molar-refractivity contribution in [1.29, 1.82) is 0 Å².